The zero-order chi connectivity index (χ0) is 21.2. The van der Waals surface area contributed by atoms with Crippen molar-refractivity contribution in [2.24, 2.45) is 0 Å². The summed E-state index contributed by atoms with van der Waals surface area (Å²) in [5, 5.41) is 19.6. The van der Waals surface area contributed by atoms with Crippen LogP contribution in [0.25, 0.3) is 45.0 Å². The van der Waals surface area contributed by atoms with Crippen molar-refractivity contribution >= 4 is 0 Å². The molecule has 1 heterocycles. The fraction of sp³-hybridized carbons (Fsp3) is 0. The molecule has 0 bridgehead atoms. The monoisotopic (exact) mass is 404 g/mol. The molecule has 0 spiro atoms. The number of phenolic OH excluding ortho intramolecular Hbond substituents is 2. The Balaban J connectivity index is 1.61. The fourth-order valence-corrected chi connectivity index (χ4v) is 3.65. The number of aromatic hydroxyl groups is 2. The lowest BCUT2D eigenvalue weighted by Gasteiger charge is -2.06. The summed E-state index contributed by atoms with van der Waals surface area (Å²) in [6.07, 6.45) is 0. The normalized spacial score (nSPS) is 10.8. The first-order chi connectivity index (χ1) is 15.2. The third-order valence-corrected chi connectivity index (χ3v) is 5.28. The van der Waals surface area contributed by atoms with E-state index in [0.29, 0.717) is 11.4 Å². The number of nitrogens with zero attached hydrogens (tertiary/aromatic N) is 1. The second-order valence-corrected chi connectivity index (χ2v) is 7.32. The van der Waals surface area contributed by atoms with E-state index in [1.54, 1.807) is 6.07 Å². The lowest BCUT2D eigenvalue weighted by atomic mass is 10.0. The number of aromatic amines is 1. The van der Waals surface area contributed by atoms with Gasteiger partial charge in [0.05, 0.1) is 11.4 Å². The van der Waals surface area contributed by atoms with Gasteiger partial charge in [-0.3, -0.25) is 0 Å². The first kappa shape index (κ1) is 18.7. The molecule has 3 N–H and O–H groups in total. The number of imidazole rings is 1. The molecule has 1 aromatic heterocycles. The van der Waals surface area contributed by atoms with Gasteiger partial charge in [-0.05, 0) is 29.3 Å². The molecular weight excluding hydrogens is 384 g/mol. The summed E-state index contributed by atoms with van der Waals surface area (Å²) in [4.78, 5) is 8.25. The molecule has 150 valence electrons. The van der Waals surface area contributed by atoms with Gasteiger partial charge in [0.2, 0.25) is 0 Å². The summed E-state index contributed by atoms with van der Waals surface area (Å²) in [6.45, 7) is 0. The van der Waals surface area contributed by atoms with Crippen LogP contribution in [0, 0.1) is 0 Å². The van der Waals surface area contributed by atoms with E-state index in [2.05, 4.69) is 41.4 Å². The molecule has 0 aliphatic carbocycles. The topological polar surface area (TPSA) is 69.1 Å². The molecule has 0 atom stereocenters. The number of hydrogen-bond donors (Lipinski definition) is 3. The lowest BCUT2D eigenvalue weighted by molar-refractivity contribution is 0.404. The minimum absolute atomic E-state index is 0.157. The summed E-state index contributed by atoms with van der Waals surface area (Å²) in [5.74, 6) is 0.288. The Morgan fingerprint density at radius 2 is 1.06 bits per heavy atom. The zero-order valence-corrected chi connectivity index (χ0v) is 16.7. The van der Waals surface area contributed by atoms with E-state index >= 15 is 0 Å². The maximum absolute atomic E-state index is 9.92. The number of aromatic nitrogens is 2. The first-order valence-corrected chi connectivity index (χ1v) is 10.0. The maximum Gasteiger partial charge on any atom is 0.158 e. The Hall–Kier alpha value is -4.31. The highest BCUT2D eigenvalue weighted by atomic mass is 16.3. The van der Waals surface area contributed by atoms with Crippen molar-refractivity contribution in [2.75, 3.05) is 0 Å². The van der Waals surface area contributed by atoms with E-state index in [-0.39, 0.29) is 11.5 Å². The molecule has 0 radical (unpaired) electrons. The van der Waals surface area contributed by atoms with E-state index in [1.807, 2.05) is 48.5 Å². The van der Waals surface area contributed by atoms with Crippen molar-refractivity contribution in [3.63, 3.8) is 0 Å². The SMILES string of the molecule is Oc1ccc(-c2nc(-c3ccccc3)c(-c3ccc(-c4ccccc4)cc3)[nH]2)cc1O. The van der Waals surface area contributed by atoms with Gasteiger partial charge in [-0.25, -0.2) is 4.98 Å². The summed E-state index contributed by atoms with van der Waals surface area (Å²) < 4.78 is 0. The zero-order valence-electron chi connectivity index (χ0n) is 16.7. The van der Waals surface area contributed by atoms with Crippen LogP contribution in [0.2, 0.25) is 0 Å². The molecule has 0 saturated carbocycles. The minimum atomic E-state index is -0.177. The molecule has 0 aliphatic rings. The van der Waals surface area contributed by atoms with Crippen LogP contribution in [0.3, 0.4) is 0 Å². The summed E-state index contributed by atoms with van der Waals surface area (Å²) in [5.41, 5.74) is 6.75. The largest absolute Gasteiger partial charge is 0.504 e. The van der Waals surface area contributed by atoms with Gasteiger partial charge in [-0.2, -0.15) is 0 Å². The molecule has 0 aliphatic heterocycles. The van der Waals surface area contributed by atoms with Crippen LogP contribution < -0.4 is 0 Å². The van der Waals surface area contributed by atoms with Crippen molar-refractivity contribution in [3.05, 3.63) is 103 Å². The van der Waals surface area contributed by atoms with Gasteiger partial charge in [0, 0.05) is 16.7 Å². The highest BCUT2D eigenvalue weighted by molar-refractivity contribution is 5.82. The summed E-state index contributed by atoms with van der Waals surface area (Å²) >= 11 is 0. The number of hydrogen-bond acceptors (Lipinski definition) is 3. The predicted octanol–water partition coefficient (Wildman–Crippen LogP) is 6.49. The second kappa shape index (κ2) is 7.84. The fourth-order valence-electron chi connectivity index (χ4n) is 3.65. The number of phenols is 2. The van der Waals surface area contributed by atoms with Crippen molar-refractivity contribution in [1.82, 2.24) is 9.97 Å². The minimum Gasteiger partial charge on any atom is -0.504 e. The van der Waals surface area contributed by atoms with E-state index in [4.69, 9.17) is 4.98 Å². The van der Waals surface area contributed by atoms with Gasteiger partial charge in [0.1, 0.15) is 5.82 Å². The molecule has 0 amide bonds. The van der Waals surface area contributed by atoms with Gasteiger partial charge >= 0.3 is 0 Å². The van der Waals surface area contributed by atoms with Crippen molar-refractivity contribution in [2.45, 2.75) is 0 Å². The number of H-pyrrole nitrogens is 1. The average molecular weight is 404 g/mol. The third kappa shape index (κ3) is 3.67. The average Bonchev–Trinajstić information content (AvgIpc) is 3.28. The Morgan fingerprint density at radius 3 is 1.71 bits per heavy atom. The Morgan fingerprint density at radius 1 is 0.516 bits per heavy atom. The molecule has 4 nitrogen and oxygen atoms in total. The van der Waals surface area contributed by atoms with Crippen LogP contribution in [0.5, 0.6) is 11.5 Å². The van der Waals surface area contributed by atoms with Gasteiger partial charge in [-0.1, -0.05) is 84.9 Å². The highest BCUT2D eigenvalue weighted by Gasteiger charge is 2.16. The highest BCUT2D eigenvalue weighted by Crippen LogP contribution is 2.36. The van der Waals surface area contributed by atoms with E-state index < -0.39 is 0 Å². The molecule has 0 unspecified atom stereocenters. The maximum atomic E-state index is 9.92. The Labute approximate surface area is 180 Å². The van der Waals surface area contributed by atoms with Crippen molar-refractivity contribution in [3.8, 4) is 56.5 Å². The molecule has 31 heavy (non-hydrogen) atoms. The van der Waals surface area contributed by atoms with Crippen molar-refractivity contribution < 1.29 is 10.2 Å². The quantitative estimate of drug-likeness (QED) is 0.300. The van der Waals surface area contributed by atoms with E-state index in [1.165, 1.54) is 17.7 Å². The van der Waals surface area contributed by atoms with Crippen LogP contribution in [0.15, 0.2) is 103 Å². The van der Waals surface area contributed by atoms with Crippen LogP contribution in [0.1, 0.15) is 0 Å². The molecule has 0 fully saturated rings. The second-order valence-electron chi connectivity index (χ2n) is 7.32. The smallest absolute Gasteiger partial charge is 0.158 e. The molecule has 5 aromatic rings. The van der Waals surface area contributed by atoms with Crippen LogP contribution in [0.4, 0.5) is 0 Å². The van der Waals surface area contributed by atoms with E-state index in [0.717, 1.165) is 28.1 Å². The standard InChI is InChI=1S/C27H20N2O2/c30-23-16-15-22(17-24(23)31)27-28-25(20-9-5-2-6-10-20)26(29-27)21-13-11-19(12-14-21)18-7-3-1-4-8-18/h1-17,30-31H,(H,28,29). The van der Waals surface area contributed by atoms with Crippen LogP contribution in [-0.2, 0) is 0 Å². The number of benzene rings is 4. The van der Waals surface area contributed by atoms with Crippen LogP contribution in [-0.4, -0.2) is 20.2 Å². The van der Waals surface area contributed by atoms with Gasteiger partial charge in [-0.15, -0.1) is 0 Å². The van der Waals surface area contributed by atoms with Crippen molar-refractivity contribution in [1.29, 1.82) is 0 Å². The predicted molar refractivity (Wildman–Crippen MR) is 124 cm³/mol. The Kier molecular flexibility index (Phi) is 4.73. The number of rotatable bonds is 4. The molecule has 4 heteroatoms. The summed E-state index contributed by atoms with van der Waals surface area (Å²) in [7, 11) is 0. The Bertz CT molecular complexity index is 1330. The lowest BCUT2D eigenvalue weighted by Crippen LogP contribution is -1.84. The van der Waals surface area contributed by atoms with Gasteiger partial charge in [0.25, 0.3) is 0 Å². The summed E-state index contributed by atoms with van der Waals surface area (Å²) in [6, 6.07) is 33.3. The number of nitrogens with one attached hydrogen (secondary N) is 1. The third-order valence-electron chi connectivity index (χ3n) is 5.28. The molecule has 0 saturated heterocycles. The van der Waals surface area contributed by atoms with E-state index in [9.17, 15) is 10.2 Å². The van der Waals surface area contributed by atoms with Crippen LogP contribution >= 0.6 is 0 Å². The molecule has 5 rings (SSSR count). The van der Waals surface area contributed by atoms with Gasteiger partial charge < -0.3 is 15.2 Å². The molecule has 4 aromatic carbocycles. The first-order valence-electron chi connectivity index (χ1n) is 10.0. The van der Waals surface area contributed by atoms with Gasteiger partial charge in [0.15, 0.2) is 11.5 Å². The molecular formula is C27H20N2O2.